The quantitative estimate of drug-likeness (QED) is 0.445. The van der Waals surface area contributed by atoms with Gasteiger partial charge in [-0.05, 0) is 30.0 Å². The van der Waals surface area contributed by atoms with Gasteiger partial charge >= 0.3 is 0 Å². The number of carbonyl (C=O) groups excluding carboxylic acids is 2. The summed E-state index contributed by atoms with van der Waals surface area (Å²) >= 11 is 0. The number of amides is 2. The van der Waals surface area contributed by atoms with Crippen LogP contribution in [0.2, 0.25) is 0 Å². The van der Waals surface area contributed by atoms with Crippen LogP contribution in [0.1, 0.15) is 27.2 Å². The summed E-state index contributed by atoms with van der Waals surface area (Å²) in [5.41, 5.74) is 2.02. The van der Waals surface area contributed by atoms with E-state index in [1.807, 2.05) is 60.7 Å². The number of benzene rings is 2. The monoisotopic (exact) mass is 419 g/mol. The van der Waals surface area contributed by atoms with Crippen LogP contribution >= 0.6 is 0 Å². The molecule has 31 heavy (non-hydrogen) atoms. The number of hydrogen-bond donors (Lipinski definition) is 4. The van der Waals surface area contributed by atoms with Crippen LogP contribution in [0.15, 0.2) is 77.6 Å². The molecule has 3 aromatic rings. The average Bonchev–Trinajstić information content (AvgIpc) is 2.79. The van der Waals surface area contributed by atoms with Crippen LogP contribution in [-0.4, -0.2) is 34.1 Å². The largest absolute Gasteiger partial charge is 0.381 e. The van der Waals surface area contributed by atoms with E-state index in [4.69, 9.17) is 0 Å². The topological polar surface area (TPSA) is 111 Å². The number of aromatic amines is 1. The third-order valence-electron chi connectivity index (χ3n) is 4.93. The number of aliphatic hydroxyl groups is 1. The first-order valence-corrected chi connectivity index (χ1v) is 9.98. The lowest BCUT2D eigenvalue weighted by Crippen LogP contribution is -2.51. The van der Waals surface area contributed by atoms with Gasteiger partial charge in [-0.15, -0.1) is 0 Å². The van der Waals surface area contributed by atoms with Crippen molar-refractivity contribution >= 4 is 11.8 Å². The predicted molar refractivity (Wildman–Crippen MR) is 117 cm³/mol. The smallest absolute Gasteiger partial charge is 0.268 e. The van der Waals surface area contributed by atoms with Crippen molar-refractivity contribution in [1.29, 1.82) is 0 Å². The zero-order chi connectivity index (χ0) is 22.2. The third kappa shape index (κ3) is 6.13. The van der Waals surface area contributed by atoms with Crippen LogP contribution in [0.4, 0.5) is 0 Å². The lowest BCUT2D eigenvalue weighted by molar-refractivity contribution is -0.130. The van der Waals surface area contributed by atoms with Gasteiger partial charge in [-0.25, -0.2) is 0 Å². The fourth-order valence-electron chi connectivity index (χ4n) is 3.21. The minimum Gasteiger partial charge on any atom is -0.381 e. The number of aromatic nitrogens is 1. The number of carbonyl (C=O) groups is 2. The normalized spacial score (nSPS) is 12.6. The maximum Gasteiger partial charge on any atom is 0.268 e. The number of aryl methyl sites for hydroxylation is 1. The number of hydrogen-bond acceptors (Lipinski definition) is 4. The van der Waals surface area contributed by atoms with E-state index in [0.29, 0.717) is 5.56 Å². The molecule has 0 spiro atoms. The maximum atomic E-state index is 12.8. The van der Waals surface area contributed by atoms with E-state index in [9.17, 15) is 19.5 Å². The lowest BCUT2D eigenvalue weighted by Gasteiger charge is -2.24. The molecule has 0 bridgehead atoms. The third-order valence-corrected chi connectivity index (χ3v) is 4.93. The van der Waals surface area contributed by atoms with Gasteiger partial charge < -0.3 is 20.7 Å². The fraction of sp³-hybridized carbons (Fsp3) is 0.208. The second-order valence-electron chi connectivity index (χ2n) is 7.30. The molecule has 0 saturated carbocycles. The molecule has 2 amide bonds. The van der Waals surface area contributed by atoms with Crippen LogP contribution in [0.3, 0.4) is 0 Å². The Kier molecular flexibility index (Phi) is 7.35. The molecular formula is C24H25N3O4. The van der Waals surface area contributed by atoms with E-state index >= 15 is 0 Å². The second-order valence-corrected chi connectivity index (χ2v) is 7.30. The van der Waals surface area contributed by atoms with E-state index in [-0.39, 0.29) is 18.7 Å². The van der Waals surface area contributed by atoms with Crippen LogP contribution in [0.25, 0.3) is 0 Å². The molecular weight excluding hydrogens is 394 g/mol. The van der Waals surface area contributed by atoms with Crippen molar-refractivity contribution < 1.29 is 14.7 Å². The molecule has 1 heterocycles. The number of rotatable bonds is 8. The Morgan fingerprint density at radius 2 is 1.55 bits per heavy atom. The summed E-state index contributed by atoms with van der Waals surface area (Å²) < 4.78 is 0. The van der Waals surface area contributed by atoms with Crippen LogP contribution in [0.5, 0.6) is 0 Å². The molecule has 160 valence electrons. The molecule has 0 aliphatic rings. The Bertz CT molecular complexity index is 1080. The highest BCUT2D eigenvalue weighted by Gasteiger charge is 2.28. The van der Waals surface area contributed by atoms with Crippen LogP contribution in [0, 0.1) is 6.92 Å². The van der Waals surface area contributed by atoms with Crippen molar-refractivity contribution in [3.63, 3.8) is 0 Å². The van der Waals surface area contributed by atoms with Gasteiger partial charge in [-0.2, -0.15) is 0 Å². The zero-order valence-corrected chi connectivity index (χ0v) is 17.2. The summed E-state index contributed by atoms with van der Waals surface area (Å²) in [6, 6.07) is 20.6. The Labute approximate surface area is 180 Å². The van der Waals surface area contributed by atoms with Crippen molar-refractivity contribution in [2.24, 2.45) is 0 Å². The average molecular weight is 419 g/mol. The van der Waals surface area contributed by atoms with Gasteiger partial charge in [0, 0.05) is 12.6 Å². The van der Waals surface area contributed by atoms with Gasteiger partial charge in [0.05, 0.1) is 6.04 Å². The van der Waals surface area contributed by atoms with Crippen molar-refractivity contribution in [1.82, 2.24) is 15.6 Å². The van der Waals surface area contributed by atoms with Crippen molar-refractivity contribution in [3.05, 3.63) is 106 Å². The Morgan fingerprint density at radius 3 is 2.19 bits per heavy atom. The SMILES string of the molecule is Cc1ccc(=O)[nH]c1C(=O)N[C@@H](Cc1ccccc1)C(O)C(=O)NCc1ccccc1. The molecule has 3 rings (SSSR count). The molecule has 2 aromatic carbocycles. The molecule has 0 saturated heterocycles. The Hall–Kier alpha value is -3.71. The molecule has 1 unspecified atom stereocenters. The summed E-state index contributed by atoms with van der Waals surface area (Å²) in [5, 5.41) is 16.1. The molecule has 7 heteroatoms. The lowest BCUT2D eigenvalue weighted by atomic mass is 10.00. The molecule has 1 aromatic heterocycles. The minimum absolute atomic E-state index is 0.0995. The molecule has 7 nitrogen and oxygen atoms in total. The van der Waals surface area contributed by atoms with Crippen molar-refractivity contribution in [2.75, 3.05) is 0 Å². The van der Waals surface area contributed by atoms with E-state index in [0.717, 1.165) is 11.1 Å². The van der Waals surface area contributed by atoms with Gasteiger partial charge in [-0.3, -0.25) is 14.4 Å². The summed E-state index contributed by atoms with van der Waals surface area (Å²) in [7, 11) is 0. The fourth-order valence-corrected chi connectivity index (χ4v) is 3.21. The molecule has 2 atom stereocenters. The number of aliphatic hydroxyl groups excluding tert-OH is 1. The summed E-state index contributed by atoms with van der Waals surface area (Å²) in [6.45, 7) is 1.95. The highest BCUT2D eigenvalue weighted by Crippen LogP contribution is 2.10. The summed E-state index contributed by atoms with van der Waals surface area (Å²) in [6.07, 6.45) is -1.24. The Balaban J connectivity index is 1.76. The van der Waals surface area contributed by atoms with Crippen LogP contribution < -0.4 is 16.2 Å². The van der Waals surface area contributed by atoms with E-state index < -0.39 is 29.5 Å². The second kappa shape index (κ2) is 10.4. The van der Waals surface area contributed by atoms with E-state index in [2.05, 4.69) is 15.6 Å². The van der Waals surface area contributed by atoms with Gasteiger partial charge in [0.1, 0.15) is 5.69 Å². The van der Waals surface area contributed by atoms with E-state index in [1.165, 1.54) is 6.07 Å². The molecule has 0 radical (unpaired) electrons. The van der Waals surface area contributed by atoms with Gasteiger partial charge in [0.15, 0.2) is 6.10 Å². The van der Waals surface area contributed by atoms with Gasteiger partial charge in [-0.1, -0.05) is 66.7 Å². The number of H-pyrrole nitrogens is 1. The number of pyridine rings is 1. The summed E-state index contributed by atoms with van der Waals surface area (Å²) in [4.78, 5) is 39.6. The van der Waals surface area contributed by atoms with Gasteiger partial charge in [0.25, 0.3) is 11.8 Å². The Morgan fingerprint density at radius 1 is 0.935 bits per heavy atom. The summed E-state index contributed by atoms with van der Waals surface area (Å²) in [5.74, 6) is -1.16. The first-order valence-electron chi connectivity index (χ1n) is 9.98. The standard InChI is InChI=1S/C24H25N3O4/c1-16-12-13-20(28)27-21(16)23(30)26-19(14-17-8-4-2-5-9-17)22(29)24(31)25-15-18-10-6-3-7-11-18/h2-13,19,22,29H,14-15H2,1H3,(H,25,31)(H,26,30)(H,27,28)/t19-,22?/m0/s1. The molecule has 0 aliphatic heterocycles. The van der Waals surface area contributed by atoms with Gasteiger partial charge in [0.2, 0.25) is 5.56 Å². The van der Waals surface area contributed by atoms with Crippen molar-refractivity contribution in [3.8, 4) is 0 Å². The van der Waals surface area contributed by atoms with E-state index in [1.54, 1.807) is 13.0 Å². The molecule has 0 aliphatic carbocycles. The predicted octanol–water partition coefficient (Wildman–Crippen LogP) is 1.70. The van der Waals surface area contributed by atoms with Crippen molar-refractivity contribution in [2.45, 2.75) is 32.0 Å². The minimum atomic E-state index is -1.48. The van der Waals surface area contributed by atoms with Crippen LogP contribution in [-0.2, 0) is 17.8 Å². The zero-order valence-electron chi connectivity index (χ0n) is 17.2. The first kappa shape index (κ1) is 22.0. The number of nitrogens with one attached hydrogen (secondary N) is 3. The highest BCUT2D eigenvalue weighted by molar-refractivity contribution is 5.94. The maximum absolute atomic E-state index is 12.8. The highest BCUT2D eigenvalue weighted by atomic mass is 16.3. The molecule has 0 fully saturated rings. The first-order chi connectivity index (χ1) is 14.9. The molecule has 4 N–H and O–H groups in total.